The zero-order chi connectivity index (χ0) is 14.5. The van der Waals surface area contributed by atoms with Crippen LogP contribution >= 0.6 is 0 Å². The van der Waals surface area contributed by atoms with Gasteiger partial charge in [-0.3, -0.25) is 0 Å². The first-order chi connectivity index (χ1) is 8.96. The Morgan fingerprint density at radius 1 is 1.37 bits per heavy atom. The Balaban J connectivity index is 3.19. The quantitative estimate of drug-likeness (QED) is 0.697. The van der Waals surface area contributed by atoms with E-state index in [1.165, 1.54) is 32.4 Å². The van der Waals surface area contributed by atoms with Crippen molar-refractivity contribution < 1.29 is 22.7 Å². The Hall–Kier alpha value is -1.64. The lowest BCUT2D eigenvalue weighted by Crippen LogP contribution is -2.29. The standard InChI is InChI=1S/C11H16N2O5S/c1-17-9-7-8(11(14)18-2)3-4-10(9)19(15,16)13-6-5-12/h3-4,7,13H,5-6,12H2,1-2H3. The summed E-state index contributed by atoms with van der Waals surface area (Å²) in [4.78, 5) is 11.3. The highest BCUT2D eigenvalue weighted by molar-refractivity contribution is 7.89. The van der Waals surface area contributed by atoms with Gasteiger partial charge >= 0.3 is 5.97 Å². The summed E-state index contributed by atoms with van der Waals surface area (Å²) in [5.41, 5.74) is 5.45. The third kappa shape index (κ3) is 3.66. The van der Waals surface area contributed by atoms with Gasteiger partial charge in [0.05, 0.1) is 19.8 Å². The van der Waals surface area contributed by atoms with Crippen LogP contribution < -0.4 is 15.2 Å². The van der Waals surface area contributed by atoms with E-state index in [0.717, 1.165) is 0 Å². The third-order valence-corrected chi connectivity index (χ3v) is 3.81. The number of methoxy groups -OCH3 is 2. The van der Waals surface area contributed by atoms with Crippen LogP contribution in [0.4, 0.5) is 0 Å². The maximum Gasteiger partial charge on any atom is 0.337 e. The molecule has 1 aromatic rings. The first-order valence-electron chi connectivity index (χ1n) is 5.42. The molecule has 0 aliphatic rings. The van der Waals surface area contributed by atoms with Crippen LogP contribution in [0.5, 0.6) is 5.75 Å². The highest BCUT2D eigenvalue weighted by Crippen LogP contribution is 2.25. The maximum atomic E-state index is 12.0. The van der Waals surface area contributed by atoms with Crippen molar-refractivity contribution in [2.75, 3.05) is 27.3 Å². The molecule has 1 aromatic carbocycles. The molecule has 0 atom stereocenters. The monoisotopic (exact) mass is 288 g/mol. The first-order valence-corrected chi connectivity index (χ1v) is 6.90. The largest absolute Gasteiger partial charge is 0.495 e. The van der Waals surface area contributed by atoms with E-state index >= 15 is 0 Å². The lowest BCUT2D eigenvalue weighted by molar-refractivity contribution is 0.0600. The Kier molecular flexibility index (Phi) is 5.28. The fraction of sp³-hybridized carbons (Fsp3) is 0.364. The van der Waals surface area contributed by atoms with Gasteiger partial charge in [0.2, 0.25) is 10.0 Å². The number of carbonyl (C=O) groups excluding carboxylic acids is 1. The molecule has 0 bridgehead atoms. The summed E-state index contributed by atoms with van der Waals surface area (Å²) in [7, 11) is -1.17. The molecule has 0 unspecified atom stereocenters. The molecular formula is C11H16N2O5S. The van der Waals surface area contributed by atoms with E-state index in [1.54, 1.807) is 0 Å². The molecule has 7 nitrogen and oxygen atoms in total. The minimum Gasteiger partial charge on any atom is -0.495 e. The summed E-state index contributed by atoms with van der Waals surface area (Å²) in [6.07, 6.45) is 0. The summed E-state index contributed by atoms with van der Waals surface area (Å²) in [5, 5.41) is 0. The second kappa shape index (κ2) is 6.50. The fourth-order valence-corrected chi connectivity index (χ4v) is 2.60. The van der Waals surface area contributed by atoms with Crippen molar-refractivity contribution in [3.05, 3.63) is 23.8 Å². The van der Waals surface area contributed by atoms with Crippen molar-refractivity contribution in [3.8, 4) is 5.75 Å². The van der Waals surface area contributed by atoms with Crippen LogP contribution in [0.25, 0.3) is 0 Å². The van der Waals surface area contributed by atoms with Gasteiger partial charge in [0, 0.05) is 13.1 Å². The highest BCUT2D eigenvalue weighted by atomic mass is 32.2. The van der Waals surface area contributed by atoms with E-state index in [1.807, 2.05) is 0 Å². The van der Waals surface area contributed by atoms with Crippen molar-refractivity contribution in [2.24, 2.45) is 5.73 Å². The predicted octanol–water partition coefficient (Wildman–Crippen LogP) is -0.281. The van der Waals surface area contributed by atoms with Gasteiger partial charge in [0.25, 0.3) is 0 Å². The number of hydrogen-bond donors (Lipinski definition) is 2. The number of nitrogens with two attached hydrogens (primary N) is 1. The Labute approximate surface area is 111 Å². The molecule has 1 rings (SSSR count). The number of benzene rings is 1. The highest BCUT2D eigenvalue weighted by Gasteiger charge is 2.20. The number of nitrogens with one attached hydrogen (secondary N) is 1. The van der Waals surface area contributed by atoms with E-state index in [4.69, 9.17) is 10.5 Å². The number of ether oxygens (including phenoxy) is 2. The van der Waals surface area contributed by atoms with Crippen molar-refractivity contribution in [1.29, 1.82) is 0 Å². The fourth-order valence-electron chi connectivity index (χ4n) is 1.41. The van der Waals surface area contributed by atoms with Crippen molar-refractivity contribution in [3.63, 3.8) is 0 Å². The lowest BCUT2D eigenvalue weighted by Gasteiger charge is -2.11. The Bertz CT molecular complexity index is 556. The van der Waals surface area contributed by atoms with E-state index in [2.05, 4.69) is 9.46 Å². The van der Waals surface area contributed by atoms with Gasteiger partial charge in [0.1, 0.15) is 10.6 Å². The molecule has 0 spiro atoms. The predicted molar refractivity (Wildman–Crippen MR) is 68.6 cm³/mol. The van der Waals surface area contributed by atoms with E-state index < -0.39 is 16.0 Å². The first kappa shape index (κ1) is 15.4. The number of rotatable bonds is 6. The maximum absolute atomic E-state index is 12.0. The second-order valence-electron chi connectivity index (χ2n) is 3.54. The Morgan fingerprint density at radius 3 is 2.58 bits per heavy atom. The van der Waals surface area contributed by atoms with Gasteiger partial charge in [0.15, 0.2) is 0 Å². The number of sulfonamides is 1. The number of carbonyl (C=O) groups is 1. The van der Waals surface area contributed by atoms with E-state index in [9.17, 15) is 13.2 Å². The Morgan fingerprint density at radius 2 is 2.05 bits per heavy atom. The number of esters is 1. The van der Waals surface area contributed by atoms with Gasteiger partial charge in [-0.05, 0) is 18.2 Å². The topological polar surface area (TPSA) is 108 Å². The van der Waals surface area contributed by atoms with Crippen LogP contribution in [-0.2, 0) is 14.8 Å². The minimum atomic E-state index is -3.72. The average molecular weight is 288 g/mol. The molecule has 0 aromatic heterocycles. The van der Waals surface area contributed by atoms with Gasteiger partial charge < -0.3 is 15.2 Å². The lowest BCUT2D eigenvalue weighted by atomic mass is 10.2. The van der Waals surface area contributed by atoms with E-state index in [0.29, 0.717) is 0 Å². The van der Waals surface area contributed by atoms with Gasteiger partial charge in [-0.15, -0.1) is 0 Å². The average Bonchev–Trinajstić information content (AvgIpc) is 2.43. The molecule has 0 saturated carbocycles. The molecule has 0 saturated heterocycles. The molecule has 19 heavy (non-hydrogen) atoms. The molecule has 0 fully saturated rings. The van der Waals surface area contributed by atoms with Crippen LogP contribution in [-0.4, -0.2) is 41.7 Å². The molecule has 0 aliphatic heterocycles. The smallest absolute Gasteiger partial charge is 0.337 e. The normalized spacial score (nSPS) is 11.1. The second-order valence-corrected chi connectivity index (χ2v) is 5.28. The minimum absolute atomic E-state index is 0.0592. The van der Waals surface area contributed by atoms with Crippen LogP contribution in [0.15, 0.2) is 23.1 Å². The third-order valence-electron chi connectivity index (χ3n) is 2.31. The summed E-state index contributed by atoms with van der Waals surface area (Å²) in [5.74, 6) is -0.510. The van der Waals surface area contributed by atoms with Gasteiger partial charge in [-0.25, -0.2) is 17.9 Å². The van der Waals surface area contributed by atoms with Crippen LogP contribution in [0.1, 0.15) is 10.4 Å². The van der Waals surface area contributed by atoms with Crippen LogP contribution in [0, 0.1) is 0 Å². The summed E-state index contributed by atoms with van der Waals surface area (Å²) < 4.78 is 35.8. The molecule has 0 radical (unpaired) electrons. The SMILES string of the molecule is COC(=O)c1ccc(S(=O)(=O)NCCN)c(OC)c1. The molecule has 8 heteroatoms. The van der Waals surface area contributed by atoms with Crippen molar-refractivity contribution >= 4 is 16.0 Å². The molecule has 106 valence electrons. The zero-order valence-electron chi connectivity index (χ0n) is 10.7. The van der Waals surface area contributed by atoms with Crippen molar-refractivity contribution in [1.82, 2.24) is 4.72 Å². The molecular weight excluding hydrogens is 272 g/mol. The molecule has 3 N–H and O–H groups in total. The van der Waals surface area contributed by atoms with Gasteiger partial charge in [-0.1, -0.05) is 0 Å². The summed E-state index contributed by atoms with van der Waals surface area (Å²) in [6.45, 7) is 0.298. The molecule has 0 aliphatic carbocycles. The van der Waals surface area contributed by atoms with Crippen LogP contribution in [0.2, 0.25) is 0 Å². The summed E-state index contributed by atoms with van der Waals surface area (Å²) >= 11 is 0. The van der Waals surface area contributed by atoms with Gasteiger partial charge in [-0.2, -0.15) is 0 Å². The van der Waals surface area contributed by atoms with Crippen LogP contribution in [0.3, 0.4) is 0 Å². The van der Waals surface area contributed by atoms with E-state index in [-0.39, 0.29) is 29.3 Å². The number of hydrogen-bond acceptors (Lipinski definition) is 6. The summed E-state index contributed by atoms with van der Waals surface area (Å²) in [6, 6.07) is 3.94. The molecule has 0 amide bonds. The van der Waals surface area contributed by atoms with Crippen molar-refractivity contribution in [2.45, 2.75) is 4.90 Å². The molecule has 0 heterocycles. The zero-order valence-corrected chi connectivity index (χ0v) is 11.5.